The molecule has 0 aliphatic carbocycles. The summed E-state index contributed by atoms with van der Waals surface area (Å²) in [5.74, 6) is -0.706. The van der Waals surface area contributed by atoms with E-state index in [1.807, 2.05) is 0 Å². The highest BCUT2D eigenvalue weighted by molar-refractivity contribution is 5.66. The third-order valence-corrected chi connectivity index (χ3v) is 4.59. The molecule has 0 spiro atoms. The maximum absolute atomic E-state index is 10.4. The lowest BCUT2D eigenvalue weighted by atomic mass is 10.0. The van der Waals surface area contributed by atoms with E-state index in [2.05, 4.69) is 6.92 Å². The molecule has 130 valence electrons. The predicted octanol–water partition coefficient (Wildman–Crippen LogP) is 4.29. The molecule has 1 heterocycles. The van der Waals surface area contributed by atoms with Gasteiger partial charge in [0.25, 0.3) is 0 Å². The Morgan fingerprint density at radius 2 is 1.82 bits per heavy atom. The maximum Gasteiger partial charge on any atom is 0.303 e. The largest absolute Gasteiger partial charge is 0.481 e. The van der Waals surface area contributed by atoms with E-state index in [1.165, 1.54) is 19.3 Å². The van der Waals surface area contributed by atoms with Crippen molar-refractivity contribution in [3.63, 3.8) is 0 Å². The van der Waals surface area contributed by atoms with Crippen LogP contribution in [-0.4, -0.2) is 34.5 Å². The smallest absolute Gasteiger partial charge is 0.303 e. The number of hydrogen-bond donors (Lipinski definition) is 2. The Balaban J connectivity index is 1.99. The van der Waals surface area contributed by atoms with Crippen LogP contribution in [0.1, 0.15) is 90.4 Å². The second kappa shape index (κ2) is 11.9. The van der Waals surface area contributed by atoms with Gasteiger partial charge < -0.3 is 14.9 Å². The molecule has 4 nitrogen and oxygen atoms in total. The van der Waals surface area contributed by atoms with Gasteiger partial charge in [0.15, 0.2) is 0 Å². The molecule has 2 N–H and O–H groups in total. The average molecular weight is 314 g/mol. The zero-order valence-electron chi connectivity index (χ0n) is 14.1. The van der Waals surface area contributed by atoms with E-state index in [1.54, 1.807) is 0 Å². The first kappa shape index (κ1) is 19.4. The van der Waals surface area contributed by atoms with Gasteiger partial charge in [-0.2, -0.15) is 0 Å². The Labute approximate surface area is 135 Å². The molecule has 3 atom stereocenters. The molecule has 0 bridgehead atoms. The third kappa shape index (κ3) is 8.74. The van der Waals surface area contributed by atoms with Crippen molar-refractivity contribution in [2.24, 2.45) is 0 Å². The van der Waals surface area contributed by atoms with E-state index in [9.17, 15) is 9.90 Å². The molecular weight excluding hydrogens is 280 g/mol. The van der Waals surface area contributed by atoms with Crippen LogP contribution in [0.15, 0.2) is 0 Å². The second-order valence-corrected chi connectivity index (χ2v) is 6.64. The standard InChI is InChI=1S/C18H34O4/c1-2-3-7-10-15-13-14-17(22-15)16(19)11-8-5-4-6-9-12-18(20)21/h15-17,19H,2-14H2,1H3,(H,20,21). The summed E-state index contributed by atoms with van der Waals surface area (Å²) in [5.41, 5.74) is 0. The van der Waals surface area contributed by atoms with Gasteiger partial charge in [-0.15, -0.1) is 0 Å². The summed E-state index contributed by atoms with van der Waals surface area (Å²) in [6, 6.07) is 0. The van der Waals surface area contributed by atoms with Crippen molar-refractivity contribution in [2.45, 2.75) is 109 Å². The number of ether oxygens (including phenoxy) is 1. The van der Waals surface area contributed by atoms with E-state index >= 15 is 0 Å². The van der Waals surface area contributed by atoms with Crippen molar-refractivity contribution < 1.29 is 19.7 Å². The van der Waals surface area contributed by atoms with Crippen molar-refractivity contribution in [2.75, 3.05) is 0 Å². The van der Waals surface area contributed by atoms with Gasteiger partial charge in [0.2, 0.25) is 0 Å². The van der Waals surface area contributed by atoms with Crippen LogP contribution in [0.25, 0.3) is 0 Å². The van der Waals surface area contributed by atoms with E-state index in [0.717, 1.165) is 57.8 Å². The quantitative estimate of drug-likeness (QED) is 0.498. The highest BCUT2D eigenvalue weighted by Gasteiger charge is 2.29. The molecule has 1 aliphatic rings. The first-order valence-electron chi connectivity index (χ1n) is 9.18. The lowest BCUT2D eigenvalue weighted by Gasteiger charge is -2.19. The molecule has 22 heavy (non-hydrogen) atoms. The van der Waals surface area contributed by atoms with Crippen LogP contribution in [0.2, 0.25) is 0 Å². The Kier molecular flexibility index (Phi) is 10.5. The Morgan fingerprint density at radius 1 is 1.09 bits per heavy atom. The first-order chi connectivity index (χ1) is 10.6. The lowest BCUT2D eigenvalue weighted by molar-refractivity contribution is -0.137. The highest BCUT2D eigenvalue weighted by Crippen LogP contribution is 2.27. The van der Waals surface area contributed by atoms with Crippen molar-refractivity contribution in [1.82, 2.24) is 0 Å². The summed E-state index contributed by atoms with van der Waals surface area (Å²) >= 11 is 0. The molecule has 0 aromatic heterocycles. The van der Waals surface area contributed by atoms with Gasteiger partial charge in [0, 0.05) is 6.42 Å². The molecule has 3 unspecified atom stereocenters. The fourth-order valence-corrected chi connectivity index (χ4v) is 3.20. The monoisotopic (exact) mass is 314 g/mol. The summed E-state index contributed by atoms with van der Waals surface area (Å²) in [7, 11) is 0. The topological polar surface area (TPSA) is 66.8 Å². The van der Waals surface area contributed by atoms with E-state index in [4.69, 9.17) is 9.84 Å². The molecule has 1 aliphatic heterocycles. The normalized spacial score (nSPS) is 22.8. The molecule has 0 aromatic carbocycles. The number of hydrogen-bond acceptors (Lipinski definition) is 3. The number of aliphatic carboxylic acids is 1. The molecule has 4 heteroatoms. The summed E-state index contributed by atoms with van der Waals surface area (Å²) in [6.45, 7) is 2.21. The summed E-state index contributed by atoms with van der Waals surface area (Å²) in [4.78, 5) is 10.4. The number of carbonyl (C=O) groups is 1. The molecule has 0 aromatic rings. The Hall–Kier alpha value is -0.610. The van der Waals surface area contributed by atoms with Gasteiger partial charge in [0.1, 0.15) is 0 Å². The van der Waals surface area contributed by atoms with Gasteiger partial charge in [-0.3, -0.25) is 4.79 Å². The van der Waals surface area contributed by atoms with Gasteiger partial charge in [-0.25, -0.2) is 0 Å². The van der Waals surface area contributed by atoms with Crippen LogP contribution in [0.5, 0.6) is 0 Å². The average Bonchev–Trinajstić information content (AvgIpc) is 2.95. The summed E-state index contributed by atoms with van der Waals surface area (Å²) in [6.07, 6.45) is 13.0. The minimum absolute atomic E-state index is 0.0404. The van der Waals surface area contributed by atoms with Crippen molar-refractivity contribution in [1.29, 1.82) is 0 Å². The fourth-order valence-electron chi connectivity index (χ4n) is 3.20. The highest BCUT2D eigenvalue weighted by atomic mass is 16.5. The van der Waals surface area contributed by atoms with Crippen LogP contribution in [-0.2, 0) is 9.53 Å². The molecule has 1 saturated heterocycles. The fraction of sp³-hybridized carbons (Fsp3) is 0.944. The second-order valence-electron chi connectivity index (χ2n) is 6.64. The van der Waals surface area contributed by atoms with Crippen LogP contribution in [0.3, 0.4) is 0 Å². The molecule has 1 fully saturated rings. The zero-order valence-corrected chi connectivity index (χ0v) is 14.1. The van der Waals surface area contributed by atoms with E-state index < -0.39 is 5.97 Å². The van der Waals surface area contributed by atoms with Gasteiger partial charge in [-0.05, 0) is 32.1 Å². The number of aliphatic hydroxyl groups excluding tert-OH is 1. The van der Waals surface area contributed by atoms with E-state index in [-0.39, 0.29) is 18.6 Å². The number of rotatable bonds is 13. The molecule has 0 saturated carbocycles. The number of carboxylic acid groups (broad SMARTS) is 1. The van der Waals surface area contributed by atoms with Crippen LogP contribution in [0.4, 0.5) is 0 Å². The number of carboxylic acids is 1. The molecule has 0 radical (unpaired) electrons. The van der Waals surface area contributed by atoms with Crippen LogP contribution < -0.4 is 0 Å². The van der Waals surface area contributed by atoms with Crippen LogP contribution in [0, 0.1) is 0 Å². The predicted molar refractivity (Wildman–Crippen MR) is 88.0 cm³/mol. The minimum atomic E-state index is -0.706. The van der Waals surface area contributed by atoms with Crippen molar-refractivity contribution in [3.8, 4) is 0 Å². The molecule has 1 rings (SSSR count). The van der Waals surface area contributed by atoms with Gasteiger partial charge >= 0.3 is 5.97 Å². The van der Waals surface area contributed by atoms with E-state index in [0.29, 0.717) is 6.10 Å². The zero-order chi connectivity index (χ0) is 16.2. The third-order valence-electron chi connectivity index (χ3n) is 4.59. The lowest BCUT2D eigenvalue weighted by Crippen LogP contribution is -2.26. The maximum atomic E-state index is 10.4. The van der Waals surface area contributed by atoms with Gasteiger partial charge in [-0.1, -0.05) is 51.9 Å². The first-order valence-corrected chi connectivity index (χ1v) is 9.18. The molecule has 0 amide bonds. The Morgan fingerprint density at radius 3 is 2.55 bits per heavy atom. The SMILES string of the molecule is CCCCCC1CCC(C(O)CCCCCCCC(=O)O)O1. The number of aliphatic hydroxyl groups is 1. The van der Waals surface area contributed by atoms with Crippen molar-refractivity contribution >= 4 is 5.97 Å². The summed E-state index contributed by atoms with van der Waals surface area (Å²) < 4.78 is 5.98. The Bertz CT molecular complexity index is 293. The summed E-state index contributed by atoms with van der Waals surface area (Å²) in [5, 5.41) is 18.8. The minimum Gasteiger partial charge on any atom is -0.481 e. The molecular formula is C18H34O4. The van der Waals surface area contributed by atoms with Gasteiger partial charge in [0.05, 0.1) is 18.3 Å². The van der Waals surface area contributed by atoms with Crippen molar-refractivity contribution in [3.05, 3.63) is 0 Å². The number of unbranched alkanes of at least 4 members (excludes halogenated alkanes) is 6. The van der Waals surface area contributed by atoms with Crippen LogP contribution >= 0.6 is 0 Å².